The summed E-state index contributed by atoms with van der Waals surface area (Å²) >= 11 is 0. The Kier molecular flexibility index (Phi) is 4.97. The van der Waals surface area contributed by atoms with Crippen molar-refractivity contribution in [3.05, 3.63) is 23.8 Å². The maximum Gasteiger partial charge on any atom is 0.234 e. The maximum atomic E-state index is 11.6. The fourth-order valence-electron chi connectivity index (χ4n) is 1.69. The molecule has 1 aromatic rings. The van der Waals surface area contributed by atoms with E-state index in [9.17, 15) is 9.90 Å². The van der Waals surface area contributed by atoms with Gasteiger partial charge in [-0.05, 0) is 39.1 Å². The minimum atomic E-state index is -0.0316. The van der Waals surface area contributed by atoms with Gasteiger partial charge in [0, 0.05) is 23.8 Å². The third-order valence-electron chi connectivity index (χ3n) is 2.41. The highest BCUT2D eigenvalue weighted by molar-refractivity contribution is 5.78. The molecule has 5 nitrogen and oxygen atoms in total. The second-order valence-electron chi connectivity index (χ2n) is 4.78. The van der Waals surface area contributed by atoms with Crippen LogP contribution in [0.4, 0.5) is 5.69 Å². The van der Waals surface area contributed by atoms with Crippen LogP contribution >= 0.6 is 0 Å². The van der Waals surface area contributed by atoms with Gasteiger partial charge in [-0.1, -0.05) is 0 Å². The van der Waals surface area contributed by atoms with E-state index in [-0.39, 0.29) is 24.2 Å². The summed E-state index contributed by atoms with van der Waals surface area (Å²) < 4.78 is 0. The summed E-state index contributed by atoms with van der Waals surface area (Å²) in [5, 5.41) is 12.5. The standard InChI is InChI=1S/C13H21N3O2/c1-9(2)15-13(18)8-16(3)7-10-6-11(14)4-5-12(10)17/h4-6,9,17H,7-8,14H2,1-3H3,(H,15,18). The zero-order valence-corrected chi connectivity index (χ0v) is 11.1. The van der Waals surface area contributed by atoms with Crippen molar-refractivity contribution in [1.82, 2.24) is 10.2 Å². The first-order valence-corrected chi connectivity index (χ1v) is 5.93. The van der Waals surface area contributed by atoms with Gasteiger partial charge in [-0.3, -0.25) is 9.69 Å². The van der Waals surface area contributed by atoms with Crippen molar-refractivity contribution >= 4 is 11.6 Å². The van der Waals surface area contributed by atoms with Crippen LogP contribution in [0.5, 0.6) is 5.75 Å². The van der Waals surface area contributed by atoms with Crippen LogP contribution < -0.4 is 11.1 Å². The topological polar surface area (TPSA) is 78.6 Å². The first kappa shape index (κ1) is 14.3. The number of hydrogen-bond donors (Lipinski definition) is 3. The van der Waals surface area contributed by atoms with Gasteiger partial charge in [0.2, 0.25) is 5.91 Å². The lowest BCUT2D eigenvalue weighted by Gasteiger charge is -2.18. The van der Waals surface area contributed by atoms with Gasteiger partial charge < -0.3 is 16.2 Å². The van der Waals surface area contributed by atoms with E-state index in [0.717, 1.165) is 5.56 Å². The molecule has 100 valence electrons. The highest BCUT2D eigenvalue weighted by Crippen LogP contribution is 2.20. The van der Waals surface area contributed by atoms with Crippen molar-refractivity contribution in [2.24, 2.45) is 0 Å². The minimum absolute atomic E-state index is 0.0316. The van der Waals surface area contributed by atoms with E-state index in [1.807, 2.05) is 25.8 Å². The molecule has 0 saturated heterocycles. The molecule has 4 N–H and O–H groups in total. The molecule has 0 radical (unpaired) electrons. The largest absolute Gasteiger partial charge is 0.508 e. The Hall–Kier alpha value is -1.75. The van der Waals surface area contributed by atoms with Crippen molar-refractivity contribution in [3.8, 4) is 5.75 Å². The number of hydrogen-bond acceptors (Lipinski definition) is 4. The fourth-order valence-corrected chi connectivity index (χ4v) is 1.69. The van der Waals surface area contributed by atoms with E-state index >= 15 is 0 Å². The number of likely N-dealkylation sites (N-methyl/N-ethyl adjacent to an activating group) is 1. The SMILES string of the molecule is CC(C)NC(=O)CN(C)Cc1cc(N)ccc1O. The van der Waals surface area contributed by atoms with Crippen LogP contribution in [0.1, 0.15) is 19.4 Å². The number of carbonyl (C=O) groups is 1. The van der Waals surface area contributed by atoms with Gasteiger partial charge in [-0.25, -0.2) is 0 Å². The highest BCUT2D eigenvalue weighted by atomic mass is 16.3. The lowest BCUT2D eigenvalue weighted by atomic mass is 10.1. The molecule has 0 fully saturated rings. The number of aromatic hydroxyl groups is 1. The summed E-state index contributed by atoms with van der Waals surface area (Å²) in [4.78, 5) is 13.4. The molecule has 0 aliphatic rings. The summed E-state index contributed by atoms with van der Waals surface area (Å²) in [5.74, 6) is 0.163. The minimum Gasteiger partial charge on any atom is -0.508 e. The first-order chi connectivity index (χ1) is 8.38. The number of anilines is 1. The third-order valence-corrected chi connectivity index (χ3v) is 2.41. The van der Waals surface area contributed by atoms with Crippen LogP contribution in [0.3, 0.4) is 0 Å². The van der Waals surface area contributed by atoms with Gasteiger partial charge in [0.05, 0.1) is 6.54 Å². The van der Waals surface area contributed by atoms with Crippen LogP contribution in [0, 0.1) is 0 Å². The molecular weight excluding hydrogens is 230 g/mol. The zero-order valence-electron chi connectivity index (χ0n) is 11.1. The third kappa shape index (κ3) is 4.63. The van der Waals surface area contributed by atoms with E-state index < -0.39 is 0 Å². The van der Waals surface area contributed by atoms with Gasteiger partial charge in [-0.15, -0.1) is 0 Å². The quantitative estimate of drug-likeness (QED) is 0.537. The number of nitrogens with one attached hydrogen (secondary N) is 1. The van der Waals surface area contributed by atoms with Gasteiger partial charge >= 0.3 is 0 Å². The van der Waals surface area contributed by atoms with Gasteiger partial charge in [0.15, 0.2) is 0 Å². The molecule has 0 saturated carbocycles. The van der Waals surface area contributed by atoms with Crippen molar-refractivity contribution < 1.29 is 9.90 Å². The van der Waals surface area contributed by atoms with Crippen molar-refractivity contribution in [3.63, 3.8) is 0 Å². The molecule has 5 heteroatoms. The second kappa shape index (κ2) is 6.26. The first-order valence-electron chi connectivity index (χ1n) is 5.93. The lowest BCUT2D eigenvalue weighted by Crippen LogP contribution is -2.38. The summed E-state index contributed by atoms with van der Waals surface area (Å²) in [5.41, 5.74) is 6.98. The van der Waals surface area contributed by atoms with Crippen LogP contribution in [0.15, 0.2) is 18.2 Å². The molecule has 0 unspecified atom stereocenters. The Morgan fingerprint density at radius 1 is 1.50 bits per heavy atom. The highest BCUT2D eigenvalue weighted by Gasteiger charge is 2.10. The molecule has 1 rings (SSSR count). The normalized spacial score (nSPS) is 10.9. The molecule has 1 amide bonds. The van der Waals surface area contributed by atoms with Crippen LogP contribution in [-0.2, 0) is 11.3 Å². The monoisotopic (exact) mass is 251 g/mol. The lowest BCUT2D eigenvalue weighted by molar-refractivity contribution is -0.122. The predicted octanol–water partition coefficient (Wildman–Crippen LogP) is 0.931. The number of carbonyl (C=O) groups excluding carboxylic acids is 1. The molecule has 18 heavy (non-hydrogen) atoms. The van der Waals surface area contributed by atoms with Crippen LogP contribution in [0.2, 0.25) is 0 Å². The number of amides is 1. The molecule has 0 heterocycles. The number of phenolic OH excluding ortho intramolecular Hbond substituents is 1. The predicted molar refractivity (Wildman–Crippen MR) is 72.1 cm³/mol. The number of nitrogens with two attached hydrogens (primary N) is 1. The number of benzene rings is 1. The van der Waals surface area contributed by atoms with Gasteiger partial charge in [-0.2, -0.15) is 0 Å². The maximum absolute atomic E-state index is 11.6. The number of nitrogens with zero attached hydrogens (tertiary/aromatic N) is 1. The Labute approximate surface area is 108 Å². The summed E-state index contributed by atoms with van der Waals surface area (Å²) in [6.45, 7) is 4.60. The van der Waals surface area contributed by atoms with E-state index in [0.29, 0.717) is 12.2 Å². The average molecular weight is 251 g/mol. The summed E-state index contributed by atoms with van der Waals surface area (Å²) in [6, 6.07) is 5.05. The molecule has 0 bridgehead atoms. The van der Waals surface area contributed by atoms with E-state index in [4.69, 9.17) is 5.73 Å². The average Bonchev–Trinajstić information content (AvgIpc) is 2.21. The Morgan fingerprint density at radius 3 is 2.78 bits per heavy atom. The Bertz CT molecular complexity index is 419. The zero-order chi connectivity index (χ0) is 13.7. The molecule has 0 aromatic heterocycles. The smallest absolute Gasteiger partial charge is 0.234 e. The summed E-state index contributed by atoms with van der Waals surface area (Å²) in [7, 11) is 1.82. The van der Waals surface area contributed by atoms with E-state index in [1.54, 1.807) is 18.2 Å². The fraction of sp³-hybridized carbons (Fsp3) is 0.462. The van der Waals surface area contributed by atoms with Crippen molar-refractivity contribution in [2.75, 3.05) is 19.3 Å². The van der Waals surface area contributed by atoms with Gasteiger partial charge in [0.1, 0.15) is 5.75 Å². The summed E-state index contributed by atoms with van der Waals surface area (Å²) in [6.07, 6.45) is 0. The van der Waals surface area contributed by atoms with E-state index in [1.165, 1.54) is 0 Å². The molecule has 0 aliphatic heterocycles. The second-order valence-corrected chi connectivity index (χ2v) is 4.78. The van der Waals surface area contributed by atoms with Gasteiger partial charge in [0.25, 0.3) is 0 Å². The molecule has 1 aromatic carbocycles. The Balaban J connectivity index is 2.56. The number of phenols is 1. The molecule has 0 atom stereocenters. The number of nitrogen functional groups attached to an aromatic ring is 1. The van der Waals surface area contributed by atoms with Crippen LogP contribution in [-0.4, -0.2) is 35.5 Å². The van der Waals surface area contributed by atoms with Crippen molar-refractivity contribution in [1.29, 1.82) is 0 Å². The van der Waals surface area contributed by atoms with Crippen molar-refractivity contribution in [2.45, 2.75) is 26.4 Å². The molecule has 0 aliphatic carbocycles. The van der Waals surface area contributed by atoms with Crippen LogP contribution in [0.25, 0.3) is 0 Å². The molecule has 0 spiro atoms. The molecular formula is C13H21N3O2. The van der Waals surface area contributed by atoms with E-state index in [2.05, 4.69) is 5.32 Å². The Morgan fingerprint density at radius 2 is 2.17 bits per heavy atom. The number of rotatable bonds is 5.